The number of anilines is 2. The number of rotatable bonds is 1. The molecule has 1 amide bonds. The Hall–Kier alpha value is -3.24. The maximum Gasteiger partial charge on any atom is 0.408 e. The van der Waals surface area contributed by atoms with E-state index in [1.165, 1.54) is 4.90 Å². The molecule has 2 aromatic heterocycles. The number of hydrogen-bond donors (Lipinski definition) is 3. The zero-order chi connectivity index (χ0) is 22.4. The second-order valence-electron chi connectivity index (χ2n) is 8.93. The van der Waals surface area contributed by atoms with Crippen molar-refractivity contribution < 1.29 is 9.90 Å². The third-order valence-corrected chi connectivity index (χ3v) is 7.12. The first-order valence-corrected chi connectivity index (χ1v) is 11.1. The standard InChI is InChI=1S/C24H26N4O2S/c1-23(2,3)24(10-4-12-28(24)22(29)30)11-9-16-13-27-21(26)19-18(14-31-20(16)19)15-5-7-17(25)8-6-15/h5-8,13-14H,4,10,12,25H2,1-3H3,(H2,26,27)(H,29,30)/t24-/m1/s1. The molecule has 1 fully saturated rings. The molecule has 0 saturated carbocycles. The van der Waals surface area contributed by atoms with Crippen LogP contribution in [0.1, 0.15) is 39.2 Å². The lowest BCUT2D eigenvalue weighted by atomic mass is 9.72. The van der Waals surface area contributed by atoms with Crippen LogP contribution in [0.15, 0.2) is 35.8 Å². The van der Waals surface area contributed by atoms with Crippen LogP contribution in [-0.2, 0) is 0 Å². The van der Waals surface area contributed by atoms with Crippen LogP contribution >= 0.6 is 11.3 Å². The molecule has 0 aliphatic carbocycles. The number of likely N-dealkylation sites (tertiary alicyclic amines) is 1. The van der Waals surface area contributed by atoms with Gasteiger partial charge < -0.3 is 16.6 Å². The highest BCUT2D eigenvalue weighted by molar-refractivity contribution is 7.18. The van der Waals surface area contributed by atoms with Crippen molar-refractivity contribution in [1.82, 2.24) is 9.88 Å². The second-order valence-corrected chi connectivity index (χ2v) is 9.81. The number of pyridine rings is 1. The fourth-order valence-corrected chi connectivity index (χ4v) is 5.43. The van der Waals surface area contributed by atoms with E-state index >= 15 is 0 Å². The summed E-state index contributed by atoms with van der Waals surface area (Å²) in [6.45, 7) is 6.63. The fourth-order valence-electron chi connectivity index (χ4n) is 4.38. The minimum atomic E-state index is -0.927. The summed E-state index contributed by atoms with van der Waals surface area (Å²) in [7, 11) is 0. The molecule has 0 bridgehead atoms. The molecule has 1 aromatic carbocycles. The molecule has 31 heavy (non-hydrogen) atoms. The van der Waals surface area contributed by atoms with E-state index in [2.05, 4.69) is 22.2 Å². The van der Waals surface area contributed by atoms with E-state index in [-0.39, 0.29) is 5.41 Å². The van der Waals surface area contributed by atoms with Crippen LogP contribution in [0, 0.1) is 17.3 Å². The van der Waals surface area contributed by atoms with Gasteiger partial charge in [0.2, 0.25) is 0 Å². The number of nitrogen functional groups attached to an aromatic ring is 2. The fraction of sp³-hybridized carbons (Fsp3) is 0.333. The number of nitrogens with zero attached hydrogens (tertiary/aromatic N) is 2. The minimum Gasteiger partial charge on any atom is -0.465 e. The van der Waals surface area contributed by atoms with Crippen LogP contribution in [0.3, 0.4) is 0 Å². The molecule has 1 atom stereocenters. The van der Waals surface area contributed by atoms with Gasteiger partial charge in [-0.2, -0.15) is 0 Å². The van der Waals surface area contributed by atoms with Crippen LogP contribution in [0.5, 0.6) is 0 Å². The monoisotopic (exact) mass is 434 g/mol. The quantitative estimate of drug-likeness (QED) is 0.368. The van der Waals surface area contributed by atoms with E-state index in [0.29, 0.717) is 24.5 Å². The molecule has 1 saturated heterocycles. The number of amides is 1. The summed E-state index contributed by atoms with van der Waals surface area (Å²) >= 11 is 1.57. The lowest BCUT2D eigenvalue weighted by Crippen LogP contribution is -2.54. The summed E-state index contributed by atoms with van der Waals surface area (Å²) in [6, 6.07) is 7.65. The van der Waals surface area contributed by atoms with Gasteiger partial charge in [0.05, 0.1) is 10.3 Å². The summed E-state index contributed by atoms with van der Waals surface area (Å²) < 4.78 is 0.954. The van der Waals surface area contributed by atoms with Gasteiger partial charge in [-0.1, -0.05) is 44.7 Å². The molecule has 5 N–H and O–H groups in total. The number of aromatic nitrogens is 1. The summed E-state index contributed by atoms with van der Waals surface area (Å²) in [5, 5.41) is 12.7. The highest BCUT2D eigenvalue weighted by Gasteiger charge is 2.51. The molecule has 0 radical (unpaired) electrons. The number of fused-ring (bicyclic) bond motifs is 1. The van der Waals surface area contributed by atoms with E-state index < -0.39 is 11.6 Å². The largest absolute Gasteiger partial charge is 0.465 e. The summed E-state index contributed by atoms with van der Waals surface area (Å²) in [5.74, 6) is 7.09. The third-order valence-electron chi connectivity index (χ3n) is 6.10. The molecule has 1 aliphatic rings. The first kappa shape index (κ1) is 21.0. The number of benzene rings is 1. The van der Waals surface area contributed by atoms with E-state index in [9.17, 15) is 9.90 Å². The van der Waals surface area contributed by atoms with Gasteiger partial charge in [-0.15, -0.1) is 11.3 Å². The van der Waals surface area contributed by atoms with Gasteiger partial charge in [0, 0.05) is 29.4 Å². The molecule has 6 nitrogen and oxygen atoms in total. The lowest BCUT2D eigenvalue weighted by Gasteiger charge is -2.43. The maximum absolute atomic E-state index is 11.9. The van der Waals surface area contributed by atoms with Crippen LogP contribution in [0.2, 0.25) is 0 Å². The van der Waals surface area contributed by atoms with E-state index in [1.54, 1.807) is 17.5 Å². The minimum absolute atomic E-state index is 0.334. The zero-order valence-electron chi connectivity index (χ0n) is 17.9. The molecule has 3 aromatic rings. The van der Waals surface area contributed by atoms with Crippen LogP contribution in [-0.4, -0.2) is 33.2 Å². The summed E-state index contributed by atoms with van der Waals surface area (Å²) in [6.07, 6.45) is 2.27. The molecular formula is C24H26N4O2S. The van der Waals surface area contributed by atoms with E-state index in [0.717, 1.165) is 33.2 Å². The SMILES string of the molecule is CC(C)(C)[C@]1(C#Cc2cnc(N)c3c(-c4ccc(N)cc4)csc23)CCCN1C(=O)O. The molecule has 4 rings (SSSR count). The number of hydrogen-bond acceptors (Lipinski definition) is 5. The van der Waals surface area contributed by atoms with Crippen LogP contribution in [0.4, 0.5) is 16.3 Å². The van der Waals surface area contributed by atoms with Crippen molar-refractivity contribution in [2.24, 2.45) is 5.41 Å². The molecule has 160 valence electrons. The van der Waals surface area contributed by atoms with Gasteiger partial charge in [0.1, 0.15) is 11.4 Å². The summed E-state index contributed by atoms with van der Waals surface area (Å²) in [5.41, 5.74) is 14.5. The van der Waals surface area contributed by atoms with Crippen molar-refractivity contribution in [3.63, 3.8) is 0 Å². The highest BCUT2D eigenvalue weighted by atomic mass is 32.1. The molecule has 3 heterocycles. The van der Waals surface area contributed by atoms with Crippen molar-refractivity contribution in [1.29, 1.82) is 0 Å². The Morgan fingerprint density at radius 2 is 1.97 bits per heavy atom. The zero-order valence-corrected chi connectivity index (χ0v) is 18.7. The Balaban J connectivity index is 1.85. The lowest BCUT2D eigenvalue weighted by molar-refractivity contribution is 0.0702. The van der Waals surface area contributed by atoms with Gasteiger partial charge in [0.25, 0.3) is 0 Å². The first-order valence-electron chi connectivity index (χ1n) is 10.2. The van der Waals surface area contributed by atoms with E-state index in [1.807, 2.05) is 45.0 Å². The van der Waals surface area contributed by atoms with Crippen LogP contribution in [0.25, 0.3) is 21.2 Å². The number of nitrogens with two attached hydrogens (primary N) is 2. The molecule has 7 heteroatoms. The van der Waals surface area contributed by atoms with Crippen molar-refractivity contribution in [3.05, 3.63) is 41.4 Å². The Bertz CT molecular complexity index is 1210. The first-order chi connectivity index (χ1) is 14.6. The smallest absolute Gasteiger partial charge is 0.408 e. The van der Waals surface area contributed by atoms with Crippen molar-refractivity contribution in [2.75, 3.05) is 18.0 Å². The van der Waals surface area contributed by atoms with Gasteiger partial charge in [-0.05, 0) is 41.3 Å². The Kier molecular flexibility index (Phi) is 5.06. The molecule has 0 spiro atoms. The number of carboxylic acid groups (broad SMARTS) is 1. The van der Waals surface area contributed by atoms with Gasteiger partial charge in [0.15, 0.2) is 0 Å². The highest BCUT2D eigenvalue weighted by Crippen LogP contribution is 2.44. The molecule has 0 unspecified atom stereocenters. The van der Waals surface area contributed by atoms with Gasteiger partial charge in [-0.3, -0.25) is 4.90 Å². The molecular weight excluding hydrogens is 408 g/mol. The maximum atomic E-state index is 11.9. The predicted molar refractivity (Wildman–Crippen MR) is 127 cm³/mol. The number of carbonyl (C=O) groups is 1. The van der Waals surface area contributed by atoms with Crippen molar-refractivity contribution in [3.8, 4) is 23.0 Å². The third kappa shape index (κ3) is 3.47. The van der Waals surface area contributed by atoms with Crippen LogP contribution < -0.4 is 11.5 Å². The Morgan fingerprint density at radius 1 is 1.26 bits per heavy atom. The normalized spacial score (nSPS) is 18.7. The predicted octanol–water partition coefficient (Wildman–Crippen LogP) is 5.04. The van der Waals surface area contributed by atoms with Gasteiger partial charge >= 0.3 is 6.09 Å². The van der Waals surface area contributed by atoms with Gasteiger partial charge in [-0.25, -0.2) is 9.78 Å². The van der Waals surface area contributed by atoms with Crippen molar-refractivity contribution >= 4 is 39.0 Å². The Labute approximate surface area is 185 Å². The second kappa shape index (κ2) is 7.47. The summed E-state index contributed by atoms with van der Waals surface area (Å²) in [4.78, 5) is 17.8. The molecule has 1 aliphatic heterocycles. The van der Waals surface area contributed by atoms with Crippen molar-refractivity contribution in [2.45, 2.75) is 39.2 Å². The Morgan fingerprint density at radius 3 is 2.61 bits per heavy atom. The number of thiophene rings is 1. The average molecular weight is 435 g/mol. The average Bonchev–Trinajstić information content (AvgIpc) is 3.34. The van der Waals surface area contributed by atoms with E-state index in [4.69, 9.17) is 11.5 Å². The topological polar surface area (TPSA) is 105 Å².